The van der Waals surface area contributed by atoms with E-state index in [0.717, 1.165) is 50.2 Å². The highest BCUT2D eigenvalue weighted by Crippen LogP contribution is 2.39. The maximum absolute atomic E-state index is 5.27. The number of nitrogens with zero attached hydrogens (tertiary/aromatic N) is 4. The molecule has 0 N–H and O–H groups in total. The molecule has 4 heteroatoms. The Bertz CT molecular complexity index is 2860. The lowest BCUT2D eigenvalue weighted by molar-refractivity contribution is 1.13. The summed E-state index contributed by atoms with van der Waals surface area (Å²) in [4.78, 5) is 10.4. The van der Waals surface area contributed by atoms with Crippen LogP contribution in [0.5, 0.6) is 0 Å². The standard InChI is InChI=1S/C46H30N4/c1-3-13-31(14-4-1)32-15-11-16-33(29-32)45-37-21-7-9-23-40(37)47-46(48-45)34-17-12-20-36(30-34)50-42-24-10-8-22-38(42)44-39-27-28-49(35-18-5-2-6-19-35)41(39)25-26-43(44)50/h1-30H. The number of hydrogen-bond donors (Lipinski definition) is 0. The molecule has 0 spiro atoms. The minimum absolute atomic E-state index is 0.703. The van der Waals surface area contributed by atoms with E-state index in [1.54, 1.807) is 0 Å². The zero-order valence-electron chi connectivity index (χ0n) is 27.1. The van der Waals surface area contributed by atoms with Gasteiger partial charge in [-0.15, -0.1) is 0 Å². The van der Waals surface area contributed by atoms with Crippen LogP contribution in [-0.4, -0.2) is 19.1 Å². The highest BCUT2D eigenvalue weighted by atomic mass is 15.0. The molecule has 0 aliphatic rings. The van der Waals surface area contributed by atoms with Gasteiger partial charge in [-0.05, 0) is 71.8 Å². The van der Waals surface area contributed by atoms with Crippen LogP contribution in [-0.2, 0) is 0 Å². The first kappa shape index (κ1) is 28.3. The third-order valence-corrected chi connectivity index (χ3v) is 9.75. The minimum Gasteiger partial charge on any atom is -0.317 e. The smallest absolute Gasteiger partial charge is 0.160 e. The molecule has 0 saturated heterocycles. The van der Waals surface area contributed by atoms with Crippen molar-refractivity contribution in [2.24, 2.45) is 0 Å². The highest BCUT2D eigenvalue weighted by molar-refractivity contribution is 6.21. The van der Waals surface area contributed by atoms with Gasteiger partial charge in [-0.3, -0.25) is 0 Å². The van der Waals surface area contributed by atoms with E-state index in [2.05, 4.69) is 179 Å². The quantitative estimate of drug-likeness (QED) is 0.188. The Morgan fingerprint density at radius 2 is 1.02 bits per heavy atom. The zero-order valence-corrected chi connectivity index (χ0v) is 27.1. The van der Waals surface area contributed by atoms with Gasteiger partial charge in [0.2, 0.25) is 0 Å². The van der Waals surface area contributed by atoms with E-state index in [0.29, 0.717) is 5.82 Å². The summed E-state index contributed by atoms with van der Waals surface area (Å²) in [5.74, 6) is 0.703. The molecule has 0 aliphatic carbocycles. The first-order valence-electron chi connectivity index (χ1n) is 16.9. The van der Waals surface area contributed by atoms with E-state index >= 15 is 0 Å². The third kappa shape index (κ3) is 4.54. The van der Waals surface area contributed by atoms with Crippen LogP contribution in [0.3, 0.4) is 0 Å². The topological polar surface area (TPSA) is 35.6 Å². The maximum atomic E-state index is 5.27. The molecule has 0 atom stereocenters. The van der Waals surface area contributed by atoms with Crippen molar-refractivity contribution in [3.63, 3.8) is 0 Å². The van der Waals surface area contributed by atoms with Crippen molar-refractivity contribution in [2.45, 2.75) is 0 Å². The zero-order chi connectivity index (χ0) is 33.0. The highest BCUT2D eigenvalue weighted by Gasteiger charge is 2.18. The molecule has 10 aromatic rings. The number of fused-ring (bicyclic) bond motifs is 6. The predicted octanol–water partition coefficient (Wildman–Crippen LogP) is 11.7. The van der Waals surface area contributed by atoms with E-state index in [1.165, 1.54) is 32.8 Å². The summed E-state index contributed by atoms with van der Waals surface area (Å²) in [7, 11) is 0. The molecule has 0 bridgehead atoms. The lowest BCUT2D eigenvalue weighted by atomic mass is 9.99. The average Bonchev–Trinajstić information content (AvgIpc) is 3.78. The van der Waals surface area contributed by atoms with E-state index in [-0.39, 0.29) is 0 Å². The van der Waals surface area contributed by atoms with Crippen molar-refractivity contribution in [3.8, 4) is 45.1 Å². The average molecular weight is 639 g/mol. The summed E-state index contributed by atoms with van der Waals surface area (Å²) in [5, 5.41) is 4.75. The Labute approximate surface area is 289 Å². The molecule has 0 fully saturated rings. The molecular formula is C46H30N4. The summed E-state index contributed by atoms with van der Waals surface area (Å²) in [5.41, 5.74) is 12.0. The SMILES string of the molecule is c1ccc(-c2cccc(-c3nc(-c4cccc(-n5c6ccccc6c6c7ccn(-c8ccccc8)c7ccc65)c4)nc4ccccc34)c2)cc1. The van der Waals surface area contributed by atoms with E-state index < -0.39 is 0 Å². The molecule has 10 rings (SSSR count). The molecule has 4 nitrogen and oxygen atoms in total. The second kappa shape index (κ2) is 11.4. The molecule has 0 radical (unpaired) electrons. The summed E-state index contributed by atoms with van der Waals surface area (Å²) >= 11 is 0. The van der Waals surface area contributed by atoms with Gasteiger partial charge >= 0.3 is 0 Å². The monoisotopic (exact) mass is 638 g/mol. The Morgan fingerprint density at radius 1 is 0.380 bits per heavy atom. The molecule has 0 aliphatic heterocycles. The van der Waals surface area contributed by atoms with Gasteiger partial charge in [-0.25, -0.2) is 9.97 Å². The molecule has 0 saturated carbocycles. The number of rotatable bonds is 5. The number of benzene rings is 7. The Kier molecular flexibility index (Phi) is 6.46. The van der Waals surface area contributed by atoms with Gasteiger partial charge in [0, 0.05) is 50.2 Å². The van der Waals surface area contributed by atoms with Crippen LogP contribution in [0.25, 0.3) is 88.8 Å². The molecule has 3 heterocycles. The number of aromatic nitrogens is 4. The molecule has 50 heavy (non-hydrogen) atoms. The van der Waals surface area contributed by atoms with Crippen molar-refractivity contribution in [3.05, 3.63) is 182 Å². The van der Waals surface area contributed by atoms with Crippen LogP contribution in [0.1, 0.15) is 0 Å². The largest absolute Gasteiger partial charge is 0.317 e. The molecule has 234 valence electrons. The van der Waals surface area contributed by atoms with Gasteiger partial charge in [0.25, 0.3) is 0 Å². The molecular weight excluding hydrogens is 609 g/mol. The van der Waals surface area contributed by atoms with Gasteiger partial charge < -0.3 is 9.13 Å². The van der Waals surface area contributed by atoms with Crippen molar-refractivity contribution >= 4 is 43.6 Å². The summed E-state index contributed by atoms with van der Waals surface area (Å²) in [6.07, 6.45) is 2.18. The fourth-order valence-electron chi connectivity index (χ4n) is 7.46. The van der Waals surface area contributed by atoms with Crippen LogP contribution in [0.4, 0.5) is 0 Å². The van der Waals surface area contributed by atoms with Gasteiger partial charge in [0.05, 0.1) is 27.8 Å². The van der Waals surface area contributed by atoms with Crippen LogP contribution in [0.15, 0.2) is 182 Å². The molecule has 7 aromatic carbocycles. The summed E-state index contributed by atoms with van der Waals surface area (Å²) in [6, 6.07) is 62.0. The number of hydrogen-bond acceptors (Lipinski definition) is 2. The molecule has 0 amide bonds. The Hall–Kier alpha value is -6.78. The van der Waals surface area contributed by atoms with Gasteiger partial charge in [0.15, 0.2) is 5.82 Å². The second-order valence-electron chi connectivity index (χ2n) is 12.7. The molecule has 0 unspecified atom stereocenters. The van der Waals surface area contributed by atoms with Gasteiger partial charge in [0.1, 0.15) is 0 Å². The fourth-order valence-corrected chi connectivity index (χ4v) is 7.46. The van der Waals surface area contributed by atoms with Crippen molar-refractivity contribution < 1.29 is 0 Å². The van der Waals surface area contributed by atoms with Crippen LogP contribution < -0.4 is 0 Å². The van der Waals surface area contributed by atoms with Crippen LogP contribution in [0, 0.1) is 0 Å². The Balaban J connectivity index is 1.15. The third-order valence-electron chi connectivity index (χ3n) is 9.75. The van der Waals surface area contributed by atoms with E-state index in [4.69, 9.17) is 9.97 Å². The normalized spacial score (nSPS) is 11.6. The Morgan fingerprint density at radius 3 is 1.90 bits per heavy atom. The van der Waals surface area contributed by atoms with Crippen molar-refractivity contribution in [1.29, 1.82) is 0 Å². The van der Waals surface area contributed by atoms with Crippen LogP contribution >= 0.6 is 0 Å². The van der Waals surface area contributed by atoms with Crippen molar-refractivity contribution in [1.82, 2.24) is 19.1 Å². The fraction of sp³-hybridized carbons (Fsp3) is 0. The lowest BCUT2D eigenvalue weighted by Crippen LogP contribution is -1.98. The minimum atomic E-state index is 0.703. The van der Waals surface area contributed by atoms with E-state index in [9.17, 15) is 0 Å². The number of para-hydroxylation sites is 3. The summed E-state index contributed by atoms with van der Waals surface area (Å²) < 4.78 is 4.64. The lowest BCUT2D eigenvalue weighted by Gasteiger charge is -2.13. The van der Waals surface area contributed by atoms with Crippen molar-refractivity contribution in [2.75, 3.05) is 0 Å². The molecule has 3 aromatic heterocycles. The summed E-state index contributed by atoms with van der Waals surface area (Å²) in [6.45, 7) is 0. The first-order chi connectivity index (χ1) is 24.8. The van der Waals surface area contributed by atoms with E-state index in [1.807, 2.05) is 12.1 Å². The van der Waals surface area contributed by atoms with Gasteiger partial charge in [-0.2, -0.15) is 0 Å². The van der Waals surface area contributed by atoms with Gasteiger partial charge in [-0.1, -0.05) is 115 Å². The van der Waals surface area contributed by atoms with Crippen LogP contribution in [0.2, 0.25) is 0 Å². The maximum Gasteiger partial charge on any atom is 0.160 e. The first-order valence-corrected chi connectivity index (χ1v) is 16.9. The predicted molar refractivity (Wildman–Crippen MR) is 207 cm³/mol. The second-order valence-corrected chi connectivity index (χ2v) is 12.7.